The summed E-state index contributed by atoms with van der Waals surface area (Å²) in [6.45, 7) is 1.71. The van der Waals surface area contributed by atoms with Crippen LogP contribution < -0.4 is 9.47 Å². The van der Waals surface area contributed by atoms with Crippen molar-refractivity contribution in [2.24, 2.45) is 0 Å². The summed E-state index contributed by atoms with van der Waals surface area (Å²) in [5.74, 6) is 1.35. The molecule has 1 aliphatic heterocycles. The van der Waals surface area contributed by atoms with Crippen LogP contribution in [0.3, 0.4) is 0 Å². The molecule has 2 aromatic rings. The molecule has 1 fully saturated rings. The van der Waals surface area contributed by atoms with Gasteiger partial charge >= 0.3 is 0 Å². The van der Waals surface area contributed by atoms with Crippen LogP contribution in [0.4, 0.5) is 0 Å². The van der Waals surface area contributed by atoms with Crippen LogP contribution in [0.15, 0.2) is 54.6 Å². The maximum Gasteiger partial charge on any atom is 0.260 e. The Morgan fingerprint density at radius 3 is 2.20 bits per heavy atom. The molecule has 0 radical (unpaired) electrons. The number of piperidine rings is 1. The van der Waals surface area contributed by atoms with E-state index in [1.165, 1.54) is 0 Å². The summed E-state index contributed by atoms with van der Waals surface area (Å²) in [5, 5.41) is 9.48. The Labute approximate surface area is 147 Å². The molecule has 0 atom stereocenters. The van der Waals surface area contributed by atoms with E-state index in [1.54, 1.807) is 17.0 Å². The Hall–Kier alpha value is -2.53. The van der Waals surface area contributed by atoms with Crippen LogP contribution in [0, 0.1) is 0 Å². The lowest BCUT2D eigenvalue weighted by atomic mass is 10.1. The van der Waals surface area contributed by atoms with Crippen LogP contribution in [0.25, 0.3) is 0 Å². The predicted molar refractivity (Wildman–Crippen MR) is 94.5 cm³/mol. The van der Waals surface area contributed by atoms with Crippen LogP contribution in [-0.2, 0) is 11.4 Å². The number of hydrogen-bond acceptors (Lipinski definition) is 4. The molecule has 0 spiro atoms. The van der Waals surface area contributed by atoms with Crippen molar-refractivity contribution in [1.82, 2.24) is 4.90 Å². The van der Waals surface area contributed by atoms with Crippen LogP contribution in [0.2, 0.25) is 0 Å². The van der Waals surface area contributed by atoms with E-state index in [9.17, 15) is 9.90 Å². The lowest BCUT2D eigenvalue weighted by Crippen LogP contribution is -2.42. The second-order valence-corrected chi connectivity index (χ2v) is 6.15. The van der Waals surface area contributed by atoms with Gasteiger partial charge in [0.1, 0.15) is 18.1 Å². The topological polar surface area (TPSA) is 59.0 Å². The number of carbonyl (C=O) groups excluding carboxylic acids is 1. The Balaban J connectivity index is 1.43. The van der Waals surface area contributed by atoms with Gasteiger partial charge in [-0.25, -0.2) is 0 Å². The Morgan fingerprint density at radius 1 is 0.960 bits per heavy atom. The molecule has 1 saturated heterocycles. The first kappa shape index (κ1) is 17.3. The Bertz CT molecular complexity index is 664. The summed E-state index contributed by atoms with van der Waals surface area (Å²) < 4.78 is 11.3. The number of aliphatic hydroxyl groups is 1. The predicted octanol–water partition coefficient (Wildman–Crippen LogP) is 2.63. The molecule has 1 aliphatic rings. The maximum atomic E-state index is 12.1. The number of aliphatic hydroxyl groups excluding tert-OH is 1. The van der Waals surface area contributed by atoms with E-state index in [0.29, 0.717) is 38.3 Å². The van der Waals surface area contributed by atoms with Crippen molar-refractivity contribution in [3.05, 3.63) is 60.2 Å². The first-order chi connectivity index (χ1) is 12.2. The highest BCUT2D eigenvalue weighted by Crippen LogP contribution is 2.19. The Kier molecular flexibility index (Phi) is 5.90. The number of rotatable bonds is 6. The van der Waals surface area contributed by atoms with E-state index >= 15 is 0 Å². The van der Waals surface area contributed by atoms with Gasteiger partial charge in [0.25, 0.3) is 5.91 Å². The summed E-state index contributed by atoms with van der Waals surface area (Å²) in [6.07, 6.45) is 0.992. The molecule has 1 heterocycles. The molecule has 132 valence electrons. The standard InChI is InChI=1S/C20H23NO4/c22-17-10-12-21(13-11-17)20(23)15-25-19-8-6-18(7-9-19)24-14-16-4-2-1-3-5-16/h1-9,17,22H,10-15H2. The fourth-order valence-corrected chi connectivity index (χ4v) is 2.72. The summed E-state index contributed by atoms with van der Waals surface area (Å²) >= 11 is 0. The normalized spacial score (nSPS) is 15.0. The molecule has 25 heavy (non-hydrogen) atoms. The fourth-order valence-electron chi connectivity index (χ4n) is 2.72. The van der Waals surface area contributed by atoms with Gasteiger partial charge in [0.05, 0.1) is 6.10 Å². The van der Waals surface area contributed by atoms with Crippen molar-refractivity contribution >= 4 is 5.91 Å². The second kappa shape index (κ2) is 8.53. The number of amides is 1. The third-order valence-corrected chi connectivity index (χ3v) is 4.25. The van der Waals surface area contributed by atoms with E-state index < -0.39 is 0 Å². The second-order valence-electron chi connectivity index (χ2n) is 6.15. The zero-order chi connectivity index (χ0) is 17.5. The average molecular weight is 341 g/mol. The number of nitrogens with zero attached hydrogens (tertiary/aromatic N) is 1. The first-order valence-corrected chi connectivity index (χ1v) is 8.56. The van der Waals surface area contributed by atoms with E-state index in [0.717, 1.165) is 11.3 Å². The van der Waals surface area contributed by atoms with E-state index in [4.69, 9.17) is 9.47 Å². The minimum absolute atomic E-state index is 0.0142. The summed E-state index contributed by atoms with van der Waals surface area (Å²) in [7, 11) is 0. The SMILES string of the molecule is O=C(COc1ccc(OCc2ccccc2)cc1)N1CCC(O)CC1. The van der Waals surface area contributed by atoms with Gasteiger partial charge in [0.2, 0.25) is 0 Å². The van der Waals surface area contributed by atoms with Gasteiger partial charge in [-0.2, -0.15) is 0 Å². The minimum atomic E-state index is -0.284. The van der Waals surface area contributed by atoms with Crippen molar-refractivity contribution in [2.75, 3.05) is 19.7 Å². The zero-order valence-electron chi connectivity index (χ0n) is 14.1. The third-order valence-electron chi connectivity index (χ3n) is 4.25. The molecule has 0 aliphatic carbocycles. The average Bonchev–Trinajstić information content (AvgIpc) is 2.67. The molecule has 5 heteroatoms. The molecule has 0 unspecified atom stereocenters. The molecule has 0 bridgehead atoms. The highest BCUT2D eigenvalue weighted by Gasteiger charge is 2.21. The third kappa shape index (κ3) is 5.22. The van der Waals surface area contributed by atoms with E-state index in [1.807, 2.05) is 42.5 Å². The van der Waals surface area contributed by atoms with Crippen LogP contribution >= 0.6 is 0 Å². The van der Waals surface area contributed by atoms with Crippen LogP contribution in [-0.4, -0.2) is 41.7 Å². The quantitative estimate of drug-likeness (QED) is 0.877. The molecule has 0 saturated carbocycles. The van der Waals surface area contributed by atoms with Crippen molar-refractivity contribution < 1.29 is 19.4 Å². The van der Waals surface area contributed by atoms with Gasteiger partial charge < -0.3 is 19.5 Å². The smallest absolute Gasteiger partial charge is 0.260 e. The minimum Gasteiger partial charge on any atom is -0.489 e. The van der Waals surface area contributed by atoms with Gasteiger partial charge in [-0.15, -0.1) is 0 Å². The van der Waals surface area contributed by atoms with Gasteiger partial charge in [0.15, 0.2) is 6.61 Å². The number of likely N-dealkylation sites (tertiary alicyclic amines) is 1. The van der Waals surface area contributed by atoms with Gasteiger partial charge in [-0.3, -0.25) is 4.79 Å². The molecule has 3 rings (SSSR count). The lowest BCUT2D eigenvalue weighted by Gasteiger charge is -2.29. The van der Waals surface area contributed by atoms with Crippen molar-refractivity contribution in [3.8, 4) is 11.5 Å². The highest BCUT2D eigenvalue weighted by molar-refractivity contribution is 5.77. The summed E-state index contributed by atoms with van der Waals surface area (Å²) in [6, 6.07) is 17.2. The largest absolute Gasteiger partial charge is 0.489 e. The molecule has 5 nitrogen and oxygen atoms in total. The molecular weight excluding hydrogens is 318 g/mol. The summed E-state index contributed by atoms with van der Waals surface area (Å²) in [5.41, 5.74) is 1.11. The number of hydrogen-bond donors (Lipinski definition) is 1. The maximum absolute atomic E-state index is 12.1. The van der Waals surface area contributed by atoms with Crippen LogP contribution in [0.1, 0.15) is 18.4 Å². The summed E-state index contributed by atoms with van der Waals surface area (Å²) in [4.78, 5) is 13.8. The van der Waals surface area contributed by atoms with E-state index in [2.05, 4.69) is 0 Å². The Morgan fingerprint density at radius 2 is 1.56 bits per heavy atom. The van der Waals surface area contributed by atoms with Gasteiger partial charge in [0, 0.05) is 13.1 Å². The molecule has 1 amide bonds. The molecule has 2 aromatic carbocycles. The van der Waals surface area contributed by atoms with Crippen molar-refractivity contribution in [3.63, 3.8) is 0 Å². The van der Waals surface area contributed by atoms with Crippen molar-refractivity contribution in [2.45, 2.75) is 25.6 Å². The molecular formula is C20H23NO4. The van der Waals surface area contributed by atoms with Gasteiger partial charge in [-0.05, 0) is 42.7 Å². The highest BCUT2D eigenvalue weighted by atomic mass is 16.5. The number of carbonyl (C=O) groups is 1. The molecule has 1 N–H and O–H groups in total. The first-order valence-electron chi connectivity index (χ1n) is 8.56. The van der Waals surface area contributed by atoms with E-state index in [-0.39, 0.29) is 18.6 Å². The lowest BCUT2D eigenvalue weighted by molar-refractivity contribution is -0.135. The number of benzene rings is 2. The van der Waals surface area contributed by atoms with Crippen LogP contribution in [0.5, 0.6) is 11.5 Å². The monoisotopic (exact) mass is 341 g/mol. The fraction of sp³-hybridized carbons (Fsp3) is 0.350. The van der Waals surface area contributed by atoms with Crippen molar-refractivity contribution in [1.29, 1.82) is 0 Å². The number of ether oxygens (including phenoxy) is 2. The zero-order valence-corrected chi connectivity index (χ0v) is 14.1. The van der Waals surface area contributed by atoms with Gasteiger partial charge in [-0.1, -0.05) is 30.3 Å². The molecule has 0 aromatic heterocycles.